The van der Waals surface area contributed by atoms with Gasteiger partial charge in [0.15, 0.2) is 0 Å². The molecule has 0 saturated carbocycles. The lowest BCUT2D eigenvalue weighted by atomic mass is 9.80. The Balaban J connectivity index is 2.59. The van der Waals surface area contributed by atoms with Gasteiger partial charge in [0.05, 0.1) is 6.61 Å². The van der Waals surface area contributed by atoms with Crippen molar-refractivity contribution in [3.63, 3.8) is 0 Å². The van der Waals surface area contributed by atoms with Crippen molar-refractivity contribution in [2.24, 2.45) is 11.3 Å². The first kappa shape index (κ1) is 17.9. The number of ether oxygens (including phenoxy) is 1. The van der Waals surface area contributed by atoms with Crippen LogP contribution in [0.25, 0.3) is 0 Å². The molecule has 0 bridgehead atoms. The fraction of sp³-hybridized carbons (Fsp3) is 0.778. The molecule has 1 heterocycles. The second kappa shape index (κ2) is 9.01. The van der Waals surface area contributed by atoms with Gasteiger partial charge in [-0.25, -0.2) is 0 Å². The first-order chi connectivity index (χ1) is 9.92. The third-order valence-corrected chi connectivity index (χ3v) is 4.36. The van der Waals surface area contributed by atoms with Crippen LogP contribution in [0.1, 0.15) is 72.1 Å². The fourth-order valence-corrected chi connectivity index (χ4v) is 2.55. The molecule has 3 nitrogen and oxygen atoms in total. The van der Waals surface area contributed by atoms with E-state index in [-0.39, 0.29) is 11.8 Å². The predicted octanol–water partition coefficient (Wildman–Crippen LogP) is 4.45. The quantitative estimate of drug-likeness (QED) is 0.489. The van der Waals surface area contributed by atoms with Crippen LogP contribution in [-0.4, -0.2) is 18.4 Å². The zero-order valence-corrected chi connectivity index (χ0v) is 13.8. The van der Waals surface area contributed by atoms with Crippen molar-refractivity contribution < 1.29 is 14.3 Å². The molecule has 0 spiro atoms. The van der Waals surface area contributed by atoms with Crippen LogP contribution in [0, 0.1) is 11.3 Å². The second-order valence-corrected chi connectivity index (χ2v) is 6.86. The highest BCUT2D eigenvalue weighted by atomic mass is 16.5. The van der Waals surface area contributed by atoms with Crippen molar-refractivity contribution in [2.75, 3.05) is 6.61 Å². The summed E-state index contributed by atoms with van der Waals surface area (Å²) in [6, 6.07) is 0. The summed E-state index contributed by atoms with van der Waals surface area (Å²) in [6.45, 7) is 6.56. The van der Waals surface area contributed by atoms with E-state index in [1.165, 1.54) is 6.42 Å². The largest absolute Gasteiger partial charge is 0.465 e. The van der Waals surface area contributed by atoms with Crippen LogP contribution in [0.4, 0.5) is 0 Å². The van der Waals surface area contributed by atoms with Gasteiger partial charge in [0, 0.05) is 18.3 Å². The molecule has 120 valence electrons. The number of allylic oxidation sites excluding steroid dienone is 1. The molecule has 1 aliphatic heterocycles. The van der Waals surface area contributed by atoms with Crippen molar-refractivity contribution in [3.05, 3.63) is 12.2 Å². The normalized spacial score (nSPS) is 26.3. The second-order valence-electron chi connectivity index (χ2n) is 6.86. The molecule has 0 aromatic rings. The molecular weight excluding hydrogens is 264 g/mol. The predicted molar refractivity (Wildman–Crippen MR) is 85.0 cm³/mol. The van der Waals surface area contributed by atoms with Gasteiger partial charge in [0.25, 0.3) is 0 Å². The maximum Gasteiger partial charge on any atom is 0.305 e. The van der Waals surface area contributed by atoms with E-state index in [0.717, 1.165) is 25.7 Å². The molecule has 0 aromatic heterocycles. The van der Waals surface area contributed by atoms with E-state index in [2.05, 4.69) is 19.1 Å². The number of ketones is 1. The van der Waals surface area contributed by atoms with E-state index in [9.17, 15) is 9.59 Å². The smallest absolute Gasteiger partial charge is 0.305 e. The van der Waals surface area contributed by atoms with Crippen LogP contribution in [0.3, 0.4) is 0 Å². The molecular formula is C18H30O3. The molecule has 0 aliphatic carbocycles. The first-order valence-corrected chi connectivity index (χ1v) is 8.26. The Morgan fingerprint density at radius 3 is 2.57 bits per heavy atom. The fourth-order valence-electron chi connectivity index (χ4n) is 2.55. The lowest BCUT2D eigenvalue weighted by Crippen LogP contribution is -2.26. The number of carbonyl (C=O) groups excluding carboxylic acids is 2. The molecule has 1 aliphatic rings. The molecule has 0 radical (unpaired) electrons. The Kier molecular flexibility index (Phi) is 7.69. The Hall–Kier alpha value is -1.12. The topological polar surface area (TPSA) is 43.4 Å². The number of hydrogen-bond donors (Lipinski definition) is 0. The molecule has 0 saturated heterocycles. The van der Waals surface area contributed by atoms with Gasteiger partial charge in [-0.15, -0.1) is 0 Å². The maximum absolute atomic E-state index is 12.3. The summed E-state index contributed by atoms with van der Waals surface area (Å²) >= 11 is 0. The molecule has 1 rings (SSSR count). The van der Waals surface area contributed by atoms with Crippen LogP contribution in [0.5, 0.6) is 0 Å². The van der Waals surface area contributed by atoms with Crippen LogP contribution in [-0.2, 0) is 14.3 Å². The van der Waals surface area contributed by atoms with Crippen molar-refractivity contribution in [2.45, 2.75) is 72.1 Å². The van der Waals surface area contributed by atoms with Crippen LogP contribution < -0.4 is 0 Å². The first-order valence-electron chi connectivity index (χ1n) is 8.26. The van der Waals surface area contributed by atoms with Gasteiger partial charge in [0.1, 0.15) is 5.78 Å². The summed E-state index contributed by atoms with van der Waals surface area (Å²) in [7, 11) is 0. The zero-order chi connectivity index (χ0) is 15.7. The molecule has 0 amide bonds. The monoisotopic (exact) mass is 294 g/mol. The Bertz CT molecular complexity index is 369. The minimum absolute atomic E-state index is 0.190. The van der Waals surface area contributed by atoms with Gasteiger partial charge in [-0.05, 0) is 38.0 Å². The summed E-state index contributed by atoms with van der Waals surface area (Å²) in [5, 5.41) is 0. The van der Waals surface area contributed by atoms with Crippen LogP contribution >= 0.6 is 0 Å². The highest BCUT2D eigenvalue weighted by molar-refractivity contribution is 5.84. The van der Waals surface area contributed by atoms with Crippen molar-refractivity contribution >= 4 is 11.8 Å². The number of carbonyl (C=O) groups is 2. The number of hydrogen-bond acceptors (Lipinski definition) is 3. The third-order valence-electron chi connectivity index (χ3n) is 4.36. The van der Waals surface area contributed by atoms with Crippen molar-refractivity contribution in [1.29, 1.82) is 0 Å². The van der Waals surface area contributed by atoms with E-state index in [1.54, 1.807) is 0 Å². The van der Waals surface area contributed by atoms with Crippen LogP contribution in [0.2, 0.25) is 0 Å². The van der Waals surface area contributed by atoms with E-state index in [0.29, 0.717) is 31.8 Å². The highest BCUT2D eigenvalue weighted by Crippen LogP contribution is 2.27. The van der Waals surface area contributed by atoms with Gasteiger partial charge in [0.2, 0.25) is 0 Å². The molecule has 0 N–H and O–H groups in total. The van der Waals surface area contributed by atoms with Crippen molar-refractivity contribution in [3.8, 4) is 0 Å². The maximum atomic E-state index is 12.3. The molecule has 0 aromatic carbocycles. The average Bonchev–Trinajstić information content (AvgIpc) is 2.44. The minimum Gasteiger partial charge on any atom is -0.465 e. The summed E-state index contributed by atoms with van der Waals surface area (Å²) in [6.07, 6.45) is 10.9. The van der Waals surface area contributed by atoms with Gasteiger partial charge in [-0.2, -0.15) is 0 Å². The number of cyclic esters (lactones) is 1. The van der Waals surface area contributed by atoms with Gasteiger partial charge in [-0.3, -0.25) is 9.59 Å². The summed E-state index contributed by atoms with van der Waals surface area (Å²) in [4.78, 5) is 24.0. The lowest BCUT2D eigenvalue weighted by molar-refractivity contribution is -0.144. The summed E-state index contributed by atoms with van der Waals surface area (Å²) in [5.41, 5.74) is -0.421. The van der Waals surface area contributed by atoms with E-state index < -0.39 is 5.41 Å². The molecule has 21 heavy (non-hydrogen) atoms. The number of esters is 1. The average molecular weight is 294 g/mol. The Labute approximate surface area is 129 Å². The zero-order valence-electron chi connectivity index (χ0n) is 13.8. The van der Waals surface area contributed by atoms with Gasteiger partial charge in [-0.1, -0.05) is 39.3 Å². The van der Waals surface area contributed by atoms with Crippen molar-refractivity contribution in [1.82, 2.24) is 0 Å². The van der Waals surface area contributed by atoms with Crippen LogP contribution in [0.15, 0.2) is 12.2 Å². The van der Waals surface area contributed by atoms with E-state index in [1.807, 2.05) is 13.8 Å². The minimum atomic E-state index is -0.421. The van der Waals surface area contributed by atoms with E-state index >= 15 is 0 Å². The van der Waals surface area contributed by atoms with Gasteiger partial charge >= 0.3 is 5.97 Å². The highest BCUT2D eigenvalue weighted by Gasteiger charge is 2.28. The molecule has 3 heteroatoms. The third kappa shape index (κ3) is 7.45. The van der Waals surface area contributed by atoms with Gasteiger partial charge < -0.3 is 4.74 Å². The lowest BCUT2D eigenvalue weighted by Gasteiger charge is -2.23. The molecule has 1 unspecified atom stereocenters. The SMILES string of the molecule is CC1CCCC=CCCOC(=O)CCC(C)(C)C(=O)CC1. The van der Waals surface area contributed by atoms with E-state index in [4.69, 9.17) is 4.74 Å². The molecule has 0 fully saturated rings. The summed E-state index contributed by atoms with van der Waals surface area (Å²) in [5.74, 6) is 0.676. The standard InChI is InChI=1S/C18H30O3/c1-15-9-7-5-4-6-8-14-21-17(20)12-13-18(2,3)16(19)11-10-15/h4,6,15H,5,7-14H2,1-3H3. The Morgan fingerprint density at radius 2 is 1.81 bits per heavy atom. The number of rotatable bonds is 0. The summed E-state index contributed by atoms with van der Waals surface area (Å²) < 4.78 is 5.19. The number of Topliss-reactive ketones (excluding diaryl/α,β-unsaturated/α-hetero) is 1. The molecule has 1 atom stereocenters. The Morgan fingerprint density at radius 1 is 1.10 bits per heavy atom.